The molecular formula is C23H21N3O5S. The van der Waals surface area contributed by atoms with Crippen molar-refractivity contribution in [2.75, 3.05) is 18.9 Å². The van der Waals surface area contributed by atoms with Crippen molar-refractivity contribution in [2.24, 2.45) is 0 Å². The van der Waals surface area contributed by atoms with E-state index in [1.165, 1.54) is 11.2 Å². The standard InChI is InChI=1S/C23H21N3O5S/c27-19(24-11-6-12-32-16-7-2-1-3-8-16)14-30-20(28)13-26-15-25-21-17-9-4-5-10-18(17)31-22(21)23(26)29/h1-5,7-10,15H,6,11-14H2,(H,24,27). The summed E-state index contributed by atoms with van der Waals surface area (Å²) in [7, 11) is 0. The lowest BCUT2D eigenvalue weighted by Crippen LogP contribution is -2.31. The number of hydrogen-bond acceptors (Lipinski definition) is 7. The highest BCUT2D eigenvalue weighted by Crippen LogP contribution is 2.24. The van der Waals surface area contributed by atoms with Gasteiger partial charge in [-0.3, -0.25) is 19.0 Å². The first kappa shape index (κ1) is 21.6. The van der Waals surface area contributed by atoms with Crippen LogP contribution in [0.25, 0.3) is 22.1 Å². The number of aromatic nitrogens is 2. The van der Waals surface area contributed by atoms with Gasteiger partial charge < -0.3 is 14.5 Å². The van der Waals surface area contributed by atoms with Crippen molar-refractivity contribution < 1.29 is 18.7 Å². The van der Waals surface area contributed by atoms with Crippen molar-refractivity contribution in [1.82, 2.24) is 14.9 Å². The quantitative estimate of drug-likeness (QED) is 0.237. The minimum atomic E-state index is -0.709. The highest BCUT2D eigenvalue weighted by atomic mass is 32.2. The maximum absolute atomic E-state index is 12.6. The number of benzene rings is 2. The van der Waals surface area contributed by atoms with E-state index in [0.29, 0.717) is 17.6 Å². The number of fused-ring (bicyclic) bond motifs is 3. The molecule has 2 heterocycles. The fraction of sp³-hybridized carbons (Fsp3) is 0.217. The minimum Gasteiger partial charge on any atom is -0.454 e. The Morgan fingerprint density at radius 1 is 1.09 bits per heavy atom. The monoisotopic (exact) mass is 451 g/mol. The van der Waals surface area contributed by atoms with E-state index in [1.54, 1.807) is 23.9 Å². The van der Waals surface area contributed by atoms with E-state index in [-0.39, 0.29) is 18.0 Å². The number of furan rings is 1. The fourth-order valence-electron chi connectivity index (χ4n) is 3.12. The topological polar surface area (TPSA) is 103 Å². The first-order valence-corrected chi connectivity index (χ1v) is 11.1. The zero-order valence-corrected chi connectivity index (χ0v) is 18.0. The highest BCUT2D eigenvalue weighted by molar-refractivity contribution is 7.99. The van der Waals surface area contributed by atoms with Crippen LogP contribution in [0.2, 0.25) is 0 Å². The van der Waals surface area contributed by atoms with Crippen LogP contribution in [0.4, 0.5) is 0 Å². The molecule has 0 aliphatic carbocycles. The molecule has 0 radical (unpaired) electrons. The Hall–Kier alpha value is -3.59. The summed E-state index contributed by atoms with van der Waals surface area (Å²) in [6.07, 6.45) is 2.07. The number of ether oxygens (including phenoxy) is 1. The summed E-state index contributed by atoms with van der Waals surface area (Å²) in [6, 6.07) is 17.2. The Labute approximate surface area is 187 Å². The van der Waals surface area contributed by atoms with Gasteiger partial charge in [0.1, 0.15) is 17.6 Å². The van der Waals surface area contributed by atoms with Crippen molar-refractivity contribution in [2.45, 2.75) is 17.9 Å². The van der Waals surface area contributed by atoms with Crippen molar-refractivity contribution >= 4 is 45.7 Å². The van der Waals surface area contributed by atoms with Crippen LogP contribution in [-0.2, 0) is 20.9 Å². The summed E-state index contributed by atoms with van der Waals surface area (Å²) in [4.78, 5) is 42.0. The van der Waals surface area contributed by atoms with Gasteiger partial charge in [-0.05, 0) is 36.4 Å². The van der Waals surface area contributed by atoms with Gasteiger partial charge in [0, 0.05) is 16.8 Å². The van der Waals surface area contributed by atoms with Gasteiger partial charge in [0.15, 0.2) is 6.61 Å². The van der Waals surface area contributed by atoms with Crippen molar-refractivity contribution in [3.63, 3.8) is 0 Å². The lowest BCUT2D eigenvalue weighted by Gasteiger charge is -2.07. The Bertz CT molecular complexity index is 1300. The third-order valence-electron chi connectivity index (χ3n) is 4.67. The SMILES string of the molecule is O=C(COC(=O)Cn1cnc2c(oc3ccccc32)c1=O)NCCCSc1ccccc1. The van der Waals surface area contributed by atoms with E-state index >= 15 is 0 Å². The molecule has 164 valence electrons. The van der Waals surface area contributed by atoms with Crippen LogP contribution in [0.3, 0.4) is 0 Å². The average Bonchev–Trinajstić information content (AvgIpc) is 3.19. The van der Waals surface area contributed by atoms with Crippen molar-refractivity contribution in [1.29, 1.82) is 0 Å². The van der Waals surface area contributed by atoms with Gasteiger partial charge in [0.2, 0.25) is 5.58 Å². The maximum atomic E-state index is 12.6. The second kappa shape index (κ2) is 10.1. The molecule has 0 atom stereocenters. The van der Waals surface area contributed by atoms with Gasteiger partial charge in [-0.25, -0.2) is 4.98 Å². The summed E-state index contributed by atoms with van der Waals surface area (Å²) < 4.78 is 11.7. The zero-order valence-electron chi connectivity index (χ0n) is 17.2. The zero-order chi connectivity index (χ0) is 22.3. The second-order valence-electron chi connectivity index (χ2n) is 6.98. The Balaban J connectivity index is 1.23. The molecule has 4 aromatic rings. The van der Waals surface area contributed by atoms with Crippen molar-refractivity contribution in [3.8, 4) is 0 Å². The molecule has 2 aromatic carbocycles. The van der Waals surface area contributed by atoms with Crippen LogP contribution in [0, 0.1) is 0 Å². The number of esters is 1. The smallest absolute Gasteiger partial charge is 0.326 e. The molecule has 0 spiro atoms. The van der Waals surface area contributed by atoms with Gasteiger partial charge in [0.05, 0.1) is 6.33 Å². The average molecular weight is 452 g/mol. The van der Waals surface area contributed by atoms with E-state index in [2.05, 4.69) is 10.3 Å². The summed E-state index contributed by atoms with van der Waals surface area (Å²) >= 11 is 1.71. The van der Waals surface area contributed by atoms with Gasteiger partial charge in [-0.2, -0.15) is 0 Å². The van der Waals surface area contributed by atoms with Crippen LogP contribution in [0.5, 0.6) is 0 Å². The van der Waals surface area contributed by atoms with E-state index in [9.17, 15) is 14.4 Å². The highest BCUT2D eigenvalue weighted by Gasteiger charge is 2.15. The number of nitrogens with zero attached hydrogens (tertiary/aromatic N) is 2. The number of rotatable bonds is 9. The predicted octanol–water partition coefficient (Wildman–Crippen LogP) is 2.98. The Kier molecular flexibility index (Phi) is 6.86. The van der Waals surface area contributed by atoms with Gasteiger partial charge in [-0.1, -0.05) is 30.3 Å². The molecule has 0 aliphatic heterocycles. The van der Waals surface area contributed by atoms with Crippen LogP contribution >= 0.6 is 11.8 Å². The van der Waals surface area contributed by atoms with E-state index < -0.39 is 18.1 Å². The van der Waals surface area contributed by atoms with Crippen LogP contribution in [0.1, 0.15) is 6.42 Å². The number of nitrogens with one attached hydrogen (secondary N) is 1. The number of carbonyl (C=O) groups is 2. The maximum Gasteiger partial charge on any atom is 0.326 e. The fourth-order valence-corrected chi connectivity index (χ4v) is 3.99. The predicted molar refractivity (Wildman–Crippen MR) is 122 cm³/mol. The summed E-state index contributed by atoms with van der Waals surface area (Å²) in [5.41, 5.74) is 0.586. The largest absolute Gasteiger partial charge is 0.454 e. The molecule has 0 aliphatic rings. The normalized spacial score (nSPS) is 11.0. The molecule has 9 heteroatoms. The number of hydrogen-bond donors (Lipinski definition) is 1. The number of amides is 1. The molecule has 0 bridgehead atoms. The Morgan fingerprint density at radius 3 is 2.72 bits per heavy atom. The van der Waals surface area contributed by atoms with E-state index in [0.717, 1.165) is 22.1 Å². The number of carbonyl (C=O) groups excluding carboxylic acids is 2. The van der Waals surface area contributed by atoms with Crippen LogP contribution in [-0.4, -0.2) is 40.3 Å². The molecule has 2 aromatic heterocycles. The first-order valence-electron chi connectivity index (χ1n) is 10.1. The summed E-state index contributed by atoms with van der Waals surface area (Å²) in [5.74, 6) is -0.231. The number of thioether (sulfide) groups is 1. The summed E-state index contributed by atoms with van der Waals surface area (Å²) in [6.45, 7) is -0.276. The molecule has 0 unspecified atom stereocenters. The Morgan fingerprint density at radius 2 is 1.88 bits per heavy atom. The van der Waals surface area contributed by atoms with Gasteiger partial charge in [0.25, 0.3) is 11.5 Å². The van der Waals surface area contributed by atoms with Crippen molar-refractivity contribution in [3.05, 3.63) is 71.3 Å². The van der Waals surface area contributed by atoms with Gasteiger partial charge in [-0.15, -0.1) is 11.8 Å². The third kappa shape index (κ3) is 5.17. The molecule has 32 heavy (non-hydrogen) atoms. The minimum absolute atomic E-state index is 0.0765. The lowest BCUT2D eigenvalue weighted by atomic mass is 10.2. The van der Waals surface area contributed by atoms with Gasteiger partial charge >= 0.3 is 5.97 Å². The molecular weight excluding hydrogens is 430 g/mol. The second-order valence-corrected chi connectivity index (χ2v) is 8.15. The number of para-hydroxylation sites is 1. The molecule has 1 amide bonds. The van der Waals surface area contributed by atoms with E-state index in [1.807, 2.05) is 42.5 Å². The molecule has 8 nitrogen and oxygen atoms in total. The molecule has 4 rings (SSSR count). The molecule has 0 fully saturated rings. The first-order chi connectivity index (χ1) is 15.6. The lowest BCUT2D eigenvalue weighted by molar-refractivity contribution is -0.149. The molecule has 1 N–H and O–H groups in total. The van der Waals surface area contributed by atoms with E-state index in [4.69, 9.17) is 9.15 Å². The molecule has 0 saturated carbocycles. The third-order valence-corrected chi connectivity index (χ3v) is 5.77. The summed E-state index contributed by atoms with van der Waals surface area (Å²) in [5, 5.41) is 3.44. The van der Waals surface area contributed by atoms with Crippen LogP contribution in [0.15, 0.2) is 75.0 Å². The molecule has 0 saturated heterocycles. The van der Waals surface area contributed by atoms with Crippen LogP contribution < -0.4 is 10.9 Å².